The van der Waals surface area contributed by atoms with Gasteiger partial charge in [0, 0.05) is 19.6 Å². The lowest BCUT2D eigenvalue weighted by Gasteiger charge is -2.30. The van der Waals surface area contributed by atoms with E-state index < -0.39 is 0 Å². The molecule has 0 saturated heterocycles. The summed E-state index contributed by atoms with van der Waals surface area (Å²) in [6, 6.07) is 0.142. The number of nitrogens with zero attached hydrogens (tertiary/aromatic N) is 1. The minimum atomic E-state index is 0.0582. The number of carbonyl (C=O) groups excluding carboxylic acids is 1. The van der Waals surface area contributed by atoms with Crippen molar-refractivity contribution >= 4 is 5.91 Å². The molecule has 96 valence electrons. The second kappa shape index (κ2) is 8.53. The number of amides is 1. The third-order valence-corrected chi connectivity index (χ3v) is 2.83. The highest BCUT2D eigenvalue weighted by Gasteiger charge is 2.22. The van der Waals surface area contributed by atoms with Gasteiger partial charge in [-0.1, -0.05) is 6.92 Å². The average Bonchev–Trinajstić information content (AvgIpc) is 2.27. The third kappa shape index (κ3) is 4.94. The Bertz CT molecular complexity index is 197. The molecular weight excluding hydrogens is 204 g/mol. The third-order valence-electron chi connectivity index (χ3n) is 2.83. The number of likely N-dealkylation sites (N-methyl/N-ethyl adjacent to an activating group) is 1. The Morgan fingerprint density at radius 3 is 2.50 bits per heavy atom. The second-order valence-corrected chi connectivity index (χ2v) is 4.26. The molecular formula is C12H26N2O2. The minimum Gasteiger partial charge on any atom is -0.383 e. The van der Waals surface area contributed by atoms with Crippen molar-refractivity contribution in [3.05, 3.63) is 0 Å². The molecule has 0 aliphatic carbocycles. The predicted molar refractivity (Wildman–Crippen MR) is 66.2 cm³/mol. The van der Waals surface area contributed by atoms with Gasteiger partial charge >= 0.3 is 0 Å². The number of carbonyl (C=O) groups is 1. The lowest BCUT2D eigenvalue weighted by atomic mass is 10.0. The molecule has 0 spiro atoms. The van der Waals surface area contributed by atoms with Gasteiger partial charge in [0.05, 0.1) is 12.6 Å². The van der Waals surface area contributed by atoms with E-state index in [1.54, 1.807) is 7.11 Å². The monoisotopic (exact) mass is 230 g/mol. The molecule has 0 aromatic rings. The molecule has 0 aliphatic rings. The van der Waals surface area contributed by atoms with Crippen molar-refractivity contribution in [2.45, 2.75) is 39.7 Å². The highest BCUT2D eigenvalue weighted by molar-refractivity contribution is 5.78. The van der Waals surface area contributed by atoms with Crippen molar-refractivity contribution in [2.75, 3.05) is 26.8 Å². The largest absolute Gasteiger partial charge is 0.383 e. The van der Waals surface area contributed by atoms with Crippen molar-refractivity contribution in [2.24, 2.45) is 11.7 Å². The first kappa shape index (κ1) is 15.4. The van der Waals surface area contributed by atoms with Gasteiger partial charge in [-0.25, -0.2) is 0 Å². The van der Waals surface area contributed by atoms with Gasteiger partial charge < -0.3 is 15.4 Å². The first-order chi connectivity index (χ1) is 7.58. The summed E-state index contributed by atoms with van der Waals surface area (Å²) in [5, 5.41) is 0. The molecule has 0 heterocycles. The van der Waals surface area contributed by atoms with Gasteiger partial charge in [0.15, 0.2) is 0 Å². The molecule has 0 rings (SSSR count). The molecule has 2 unspecified atom stereocenters. The maximum atomic E-state index is 12.1. The van der Waals surface area contributed by atoms with Crippen LogP contribution in [0.5, 0.6) is 0 Å². The van der Waals surface area contributed by atoms with Crippen molar-refractivity contribution < 1.29 is 9.53 Å². The van der Waals surface area contributed by atoms with Crippen molar-refractivity contribution in [1.29, 1.82) is 0 Å². The van der Waals surface area contributed by atoms with Crippen LogP contribution in [0.25, 0.3) is 0 Å². The molecule has 0 aromatic carbocycles. The van der Waals surface area contributed by atoms with Gasteiger partial charge in [0.25, 0.3) is 0 Å². The van der Waals surface area contributed by atoms with Gasteiger partial charge in [0.2, 0.25) is 5.91 Å². The number of methoxy groups -OCH3 is 1. The van der Waals surface area contributed by atoms with Crippen LogP contribution in [0.2, 0.25) is 0 Å². The number of rotatable bonds is 8. The summed E-state index contributed by atoms with van der Waals surface area (Å²) in [5.41, 5.74) is 5.45. The van der Waals surface area contributed by atoms with Crippen LogP contribution in [-0.2, 0) is 9.53 Å². The predicted octanol–water partition coefficient (Wildman–Crippen LogP) is 1.24. The molecule has 4 heteroatoms. The van der Waals surface area contributed by atoms with E-state index in [9.17, 15) is 4.79 Å². The van der Waals surface area contributed by atoms with E-state index in [0.717, 1.165) is 19.4 Å². The second-order valence-electron chi connectivity index (χ2n) is 4.26. The van der Waals surface area contributed by atoms with Crippen LogP contribution in [0.3, 0.4) is 0 Å². The first-order valence-corrected chi connectivity index (χ1v) is 6.07. The van der Waals surface area contributed by atoms with E-state index in [0.29, 0.717) is 13.2 Å². The van der Waals surface area contributed by atoms with Gasteiger partial charge in [-0.15, -0.1) is 0 Å². The number of hydrogen-bond acceptors (Lipinski definition) is 3. The molecule has 2 N–H and O–H groups in total. The average molecular weight is 230 g/mol. The smallest absolute Gasteiger partial charge is 0.225 e. The number of hydrogen-bond donors (Lipinski definition) is 1. The Morgan fingerprint density at radius 1 is 1.44 bits per heavy atom. The fourth-order valence-electron chi connectivity index (χ4n) is 1.85. The lowest BCUT2D eigenvalue weighted by Crippen LogP contribution is -2.43. The molecule has 1 amide bonds. The molecule has 2 atom stereocenters. The molecule has 4 nitrogen and oxygen atoms in total. The molecule has 0 bridgehead atoms. The fourth-order valence-corrected chi connectivity index (χ4v) is 1.85. The summed E-state index contributed by atoms with van der Waals surface area (Å²) in [4.78, 5) is 14.0. The Morgan fingerprint density at radius 2 is 2.06 bits per heavy atom. The number of nitrogens with two attached hydrogens (primary N) is 1. The normalized spacial score (nSPS) is 14.6. The maximum absolute atomic E-state index is 12.1. The van der Waals surface area contributed by atoms with Crippen LogP contribution < -0.4 is 5.73 Å². The van der Waals surface area contributed by atoms with E-state index in [1.807, 2.05) is 25.7 Å². The Labute approximate surface area is 99.1 Å². The van der Waals surface area contributed by atoms with Crippen LogP contribution in [0.15, 0.2) is 0 Å². The Balaban J connectivity index is 4.28. The van der Waals surface area contributed by atoms with Crippen molar-refractivity contribution in [3.8, 4) is 0 Å². The molecule has 0 saturated carbocycles. The molecule has 0 aliphatic heterocycles. The van der Waals surface area contributed by atoms with Gasteiger partial charge in [-0.2, -0.15) is 0 Å². The quantitative estimate of drug-likeness (QED) is 0.682. The van der Waals surface area contributed by atoms with Gasteiger partial charge in [-0.3, -0.25) is 4.79 Å². The summed E-state index contributed by atoms with van der Waals surface area (Å²) in [6.07, 6.45) is 1.77. The fraction of sp³-hybridized carbons (Fsp3) is 0.917. The number of ether oxygens (including phenoxy) is 1. The highest BCUT2D eigenvalue weighted by atomic mass is 16.5. The van der Waals surface area contributed by atoms with E-state index >= 15 is 0 Å². The van der Waals surface area contributed by atoms with Crippen molar-refractivity contribution in [1.82, 2.24) is 4.90 Å². The van der Waals surface area contributed by atoms with E-state index in [4.69, 9.17) is 10.5 Å². The summed E-state index contributed by atoms with van der Waals surface area (Å²) >= 11 is 0. The summed E-state index contributed by atoms with van der Waals surface area (Å²) < 4.78 is 5.08. The summed E-state index contributed by atoms with van der Waals surface area (Å²) in [7, 11) is 1.66. The van der Waals surface area contributed by atoms with Gasteiger partial charge in [-0.05, 0) is 33.2 Å². The summed E-state index contributed by atoms with van der Waals surface area (Å²) in [6.45, 7) is 7.96. The molecule has 0 fully saturated rings. The van der Waals surface area contributed by atoms with Crippen LogP contribution in [-0.4, -0.2) is 43.7 Å². The van der Waals surface area contributed by atoms with Crippen LogP contribution in [0.4, 0.5) is 0 Å². The zero-order valence-electron chi connectivity index (χ0n) is 11.0. The Kier molecular flexibility index (Phi) is 8.21. The van der Waals surface area contributed by atoms with E-state index in [-0.39, 0.29) is 17.9 Å². The maximum Gasteiger partial charge on any atom is 0.225 e. The first-order valence-electron chi connectivity index (χ1n) is 6.07. The topological polar surface area (TPSA) is 55.6 Å². The standard InChI is InChI=1S/C12H26N2O2/c1-5-14(11(3)9-16-4)12(15)10(2)7-6-8-13/h10-11H,5-9,13H2,1-4H3. The molecule has 0 aromatic heterocycles. The lowest BCUT2D eigenvalue weighted by molar-refractivity contribution is -0.138. The van der Waals surface area contributed by atoms with Crippen LogP contribution in [0, 0.1) is 5.92 Å². The van der Waals surface area contributed by atoms with Crippen LogP contribution >= 0.6 is 0 Å². The molecule has 16 heavy (non-hydrogen) atoms. The van der Waals surface area contributed by atoms with Crippen LogP contribution in [0.1, 0.15) is 33.6 Å². The van der Waals surface area contributed by atoms with E-state index in [2.05, 4.69) is 0 Å². The van der Waals surface area contributed by atoms with E-state index in [1.165, 1.54) is 0 Å². The highest BCUT2D eigenvalue weighted by Crippen LogP contribution is 2.12. The SMILES string of the molecule is CCN(C(=O)C(C)CCCN)C(C)COC. The Hall–Kier alpha value is -0.610. The minimum absolute atomic E-state index is 0.0582. The zero-order chi connectivity index (χ0) is 12.6. The zero-order valence-corrected chi connectivity index (χ0v) is 11.0. The molecule has 0 radical (unpaired) electrons. The van der Waals surface area contributed by atoms with Gasteiger partial charge in [0.1, 0.15) is 0 Å². The van der Waals surface area contributed by atoms with Crippen molar-refractivity contribution in [3.63, 3.8) is 0 Å². The summed E-state index contributed by atoms with van der Waals surface area (Å²) in [5.74, 6) is 0.267.